The average molecular weight is 1040 g/mol. The molecule has 2 aromatic heterocycles. The molecule has 1 amide bonds. The lowest BCUT2D eigenvalue weighted by Crippen LogP contribution is -2.60. The fourth-order valence-electron chi connectivity index (χ4n) is 12.5. The van der Waals surface area contributed by atoms with Crippen LogP contribution in [0, 0.1) is 21.4 Å². The first-order valence-corrected chi connectivity index (χ1v) is 28.2. The number of fused-ring (bicyclic) bond motifs is 2. The predicted molar refractivity (Wildman–Crippen MR) is 289 cm³/mol. The first-order valence-electron chi connectivity index (χ1n) is 26.7. The van der Waals surface area contributed by atoms with Crippen LogP contribution in [0.15, 0.2) is 108 Å². The van der Waals surface area contributed by atoms with Crippen LogP contribution < -0.4 is 24.4 Å². The highest BCUT2D eigenvalue weighted by Crippen LogP contribution is 2.53. The highest BCUT2D eigenvalue weighted by molar-refractivity contribution is 7.90. The van der Waals surface area contributed by atoms with E-state index in [2.05, 4.69) is 91.0 Å². The van der Waals surface area contributed by atoms with Gasteiger partial charge in [0, 0.05) is 93.7 Å². The summed E-state index contributed by atoms with van der Waals surface area (Å²) in [6.45, 7) is 13.1. The van der Waals surface area contributed by atoms with E-state index in [1.165, 1.54) is 34.4 Å². The van der Waals surface area contributed by atoms with Gasteiger partial charge in [-0.2, -0.15) is 0 Å². The van der Waals surface area contributed by atoms with Gasteiger partial charge in [0.05, 0.1) is 33.8 Å². The number of pyridine rings is 1. The summed E-state index contributed by atoms with van der Waals surface area (Å²) in [5.74, 6) is 1.22. The molecule has 75 heavy (non-hydrogen) atoms. The number of rotatable bonds is 15. The van der Waals surface area contributed by atoms with Crippen LogP contribution in [-0.4, -0.2) is 102 Å². The number of sulfonamides is 1. The van der Waals surface area contributed by atoms with E-state index < -0.39 is 37.0 Å². The molecule has 4 aromatic carbocycles. The number of aromatic nitrogens is 2. The van der Waals surface area contributed by atoms with Crippen molar-refractivity contribution < 1.29 is 32.7 Å². The van der Waals surface area contributed by atoms with Crippen LogP contribution in [0.5, 0.6) is 17.2 Å². The molecule has 11 rings (SSSR count). The third kappa shape index (κ3) is 10.8. The smallest absolute Gasteiger partial charge is 0.293 e. The number of amides is 1. The Labute approximate surface area is 439 Å². The molecule has 0 bridgehead atoms. The Morgan fingerprint density at radius 1 is 0.973 bits per heavy atom. The maximum absolute atomic E-state index is 14.1. The van der Waals surface area contributed by atoms with Crippen LogP contribution >= 0.6 is 0 Å². The van der Waals surface area contributed by atoms with Gasteiger partial charge in [0.1, 0.15) is 28.6 Å². The quantitative estimate of drug-likeness (QED) is 0.0561. The van der Waals surface area contributed by atoms with Gasteiger partial charge in [-0.25, -0.2) is 18.1 Å². The molecule has 0 unspecified atom stereocenters. The van der Waals surface area contributed by atoms with Crippen LogP contribution in [0.1, 0.15) is 117 Å². The van der Waals surface area contributed by atoms with Gasteiger partial charge < -0.3 is 29.8 Å². The molecule has 16 nitrogen and oxygen atoms in total. The zero-order chi connectivity index (χ0) is 52.1. The number of benzene rings is 4. The van der Waals surface area contributed by atoms with Crippen LogP contribution in [-0.2, 0) is 23.0 Å². The fraction of sp³-hybridized carbons (Fsp3) is 0.448. The maximum atomic E-state index is 14.1. The van der Waals surface area contributed by atoms with Gasteiger partial charge in [0.15, 0.2) is 0 Å². The third-order valence-electron chi connectivity index (χ3n) is 16.9. The lowest BCUT2D eigenvalue weighted by molar-refractivity contribution is -0.384. The standard InChI is InChI=1S/C58H68N8O8S/c1-38(2)47-6-4-5-7-48(47)52-37-63(36-40-8-9-41-17-27-73-53(41)28-40)25-26-65(52)44-32-58(33-44)20-23-64(24-21-58)43-10-12-49(54(30-43)74-45-29-42-16-22-59-55(42)61-35-45)56(67)62-75(71,72)46-11-13-50(51(31-46)66(69)70)60-34-39-14-18-57(3,68)19-15-39/h4-13,16,22,28-31,35,38-39,44,52,60,68H,14-15,17-21,23-27,32-34,36-37H2,1-3H3,(H,59,61)(H,62,67)/t39?,52-,57?/m0/s1. The van der Waals surface area contributed by atoms with Gasteiger partial charge in [-0.1, -0.05) is 50.2 Å². The van der Waals surface area contributed by atoms with Crippen molar-refractivity contribution in [3.63, 3.8) is 0 Å². The Hall–Kier alpha value is -6.53. The lowest BCUT2D eigenvalue weighted by Gasteiger charge is -2.58. The number of anilines is 2. The Kier molecular flexibility index (Phi) is 13.9. The first-order chi connectivity index (χ1) is 36.1. The summed E-state index contributed by atoms with van der Waals surface area (Å²) in [6, 6.07) is 29.0. The second-order valence-corrected chi connectivity index (χ2v) is 24.1. The van der Waals surface area contributed by atoms with Crippen molar-refractivity contribution >= 4 is 44.0 Å². The van der Waals surface area contributed by atoms with E-state index in [4.69, 9.17) is 9.47 Å². The van der Waals surface area contributed by atoms with Crippen molar-refractivity contribution in [1.29, 1.82) is 0 Å². The topological polar surface area (TPSA) is 195 Å². The summed E-state index contributed by atoms with van der Waals surface area (Å²) in [4.78, 5) is 40.6. The number of hydrogen-bond acceptors (Lipinski definition) is 13. The molecule has 2 saturated carbocycles. The Morgan fingerprint density at radius 2 is 1.77 bits per heavy atom. The molecule has 5 heterocycles. The van der Waals surface area contributed by atoms with Crippen molar-refractivity contribution in [3.05, 3.63) is 141 Å². The van der Waals surface area contributed by atoms with Crippen LogP contribution in [0.2, 0.25) is 0 Å². The SMILES string of the molecule is CC(C)c1ccccc1[C@@H]1CN(Cc2ccc3c(c2)OCC3)CCN1C1CC2(CCN(c3ccc(C(=O)NS(=O)(=O)c4ccc(NCC5CCC(C)(O)CC5)c([N+](=O)[O-])c4)c(Oc4cnc5[nH]ccc5c4)c3)CC2)C1. The number of piperazine rings is 1. The molecule has 4 N–H and O–H groups in total. The van der Waals surface area contributed by atoms with Crippen LogP contribution in [0.4, 0.5) is 17.1 Å². The number of nitro benzene ring substituents is 1. The Bertz CT molecular complexity index is 3210. The number of nitro groups is 1. The second-order valence-electron chi connectivity index (χ2n) is 22.4. The van der Waals surface area contributed by atoms with Crippen molar-refractivity contribution in [2.75, 3.05) is 56.1 Å². The number of H-pyrrole nitrogens is 1. The fourth-order valence-corrected chi connectivity index (χ4v) is 13.5. The van der Waals surface area contributed by atoms with Crippen molar-refractivity contribution in [1.82, 2.24) is 24.5 Å². The van der Waals surface area contributed by atoms with Crippen LogP contribution in [0.3, 0.4) is 0 Å². The third-order valence-corrected chi connectivity index (χ3v) is 18.3. The highest BCUT2D eigenvalue weighted by atomic mass is 32.2. The summed E-state index contributed by atoms with van der Waals surface area (Å²) >= 11 is 0. The second kappa shape index (κ2) is 20.5. The molecule has 4 fully saturated rings. The molecule has 394 valence electrons. The van der Waals surface area contributed by atoms with Gasteiger partial charge in [0.25, 0.3) is 21.6 Å². The van der Waals surface area contributed by atoms with E-state index in [-0.39, 0.29) is 28.3 Å². The summed E-state index contributed by atoms with van der Waals surface area (Å²) in [5, 5.41) is 26.5. The largest absolute Gasteiger partial charge is 0.493 e. The highest BCUT2D eigenvalue weighted by Gasteiger charge is 2.50. The number of carbonyl (C=O) groups is 1. The van der Waals surface area contributed by atoms with E-state index in [0.29, 0.717) is 48.8 Å². The Morgan fingerprint density at radius 3 is 2.56 bits per heavy atom. The minimum atomic E-state index is -4.59. The van der Waals surface area contributed by atoms with Gasteiger partial charge in [0.2, 0.25) is 0 Å². The van der Waals surface area contributed by atoms with E-state index in [1.807, 2.05) is 19.1 Å². The molecule has 6 aromatic rings. The molecule has 1 atom stereocenters. The minimum absolute atomic E-state index is 0.0268. The summed E-state index contributed by atoms with van der Waals surface area (Å²) < 4.78 is 42.2. The molecular formula is C58H68N8O8S. The van der Waals surface area contributed by atoms with Gasteiger partial charge in [-0.3, -0.25) is 24.7 Å². The van der Waals surface area contributed by atoms with E-state index >= 15 is 0 Å². The number of aromatic amines is 1. The minimum Gasteiger partial charge on any atom is -0.493 e. The molecule has 17 heteroatoms. The monoisotopic (exact) mass is 1040 g/mol. The lowest BCUT2D eigenvalue weighted by atomic mass is 9.59. The van der Waals surface area contributed by atoms with Crippen molar-refractivity contribution in [3.8, 4) is 17.2 Å². The number of nitrogens with zero attached hydrogens (tertiary/aromatic N) is 5. The summed E-state index contributed by atoms with van der Waals surface area (Å²) in [7, 11) is -4.59. The van der Waals surface area contributed by atoms with Crippen LogP contribution in [0.25, 0.3) is 11.0 Å². The average Bonchev–Trinajstić information content (AvgIpc) is 4.07. The first kappa shape index (κ1) is 50.6. The normalized spacial score (nSPS) is 22.2. The van der Waals surface area contributed by atoms with E-state index in [0.717, 1.165) is 114 Å². The molecule has 2 aliphatic carbocycles. The van der Waals surface area contributed by atoms with Crippen molar-refractivity contribution in [2.24, 2.45) is 11.3 Å². The molecule has 5 aliphatic rings. The van der Waals surface area contributed by atoms with Crippen molar-refractivity contribution in [2.45, 2.75) is 114 Å². The summed E-state index contributed by atoms with van der Waals surface area (Å²) in [6.07, 6.45) is 11.4. The maximum Gasteiger partial charge on any atom is 0.293 e. The number of carbonyl (C=O) groups excluding carboxylic acids is 1. The predicted octanol–water partition coefficient (Wildman–Crippen LogP) is 10.1. The molecule has 2 saturated heterocycles. The van der Waals surface area contributed by atoms with E-state index in [1.54, 1.807) is 30.6 Å². The number of piperidine rings is 1. The number of aliphatic hydroxyl groups is 1. The number of nitrogens with one attached hydrogen (secondary N) is 3. The zero-order valence-corrected chi connectivity index (χ0v) is 43.9. The van der Waals surface area contributed by atoms with Gasteiger partial charge >= 0.3 is 0 Å². The number of ether oxygens (including phenoxy) is 2. The van der Waals surface area contributed by atoms with Gasteiger partial charge in [-0.05, 0) is 140 Å². The zero-order valence-electron chi connectivity index (χ0n) is 43.1. The molecule has 3 aliphatic heterocycles. The number of hydrogen-bond donors (Lipinski definition) is 4. The van der Waals surface area contributed by atoms with Gasteiger partial charge in [-0.15, -0.1) is 0 Å². The Balaban J connectivity index is 0.778. The molecular weight excluding hydrogens is 969 g/mol. The van der Waals surface area contributed by atoms with E-state index in [9.17, 15) is 28.4 Å². The molecule has 0 radical (unpaired) electrons. The molecule has 1 spiro atoms. The summed E-state index contributed by atoms with van der Waals surface area (Å²) in [5.41, 5.74) is 6.22.